The molecule has 7 nitrogen and oxygen atoms in total. The molecular weight excluding hydrogens is 486 g/mol. The first-order valence-corrected chi connectivity index (χ1v) is 13.8. The number of hydrogen-bond donors (Lipinski definition) is 1. The molecule has 1 aromatic heterocycles. The Morgan fingerprint density at radius 1 is 1.06 bits per heavy atom. The van der Waals surface area contributed by atoms with Crippen LogP contribution in [0.1, 0.15) is 55.4 Å². The van der Waals surface area contributed by atoms with Crippen LogP contribution < -0.4 is 15.2 Å². The summed E-state index contributed by atoms with van der Waals surface area (Å²) in [5, 5.41) is 0.560. The second kappa shape index (κ2) is 11.4. The van der Waals surface area contributed by atoms with E-state index in [4.69, 9.17) is 26.8 Å². The molecule has 2 N–H and O–H groups in total. The smallest absolute Gasteiger partial charge is 0.154 e. The number of ether oxygens (including phenoxy) is 2. The molecule has 2 aromatic carbocycles. The maximum Gasteiger partial charge on any atom is 0.154 e. The Hall–Kier alpha value is -2.68. The predicted octanol–water partition coefficient (Wildman–Crippen LogP) is 4.83. The van der Waals surface area contributed by atoms with Crippen molar-refractivity contribution >= 4 is 21.4 Å². The topological polar surface area (TPSA) is 104 Å². The van der Waals surface area contributed by atoms with Crippen LogP contribution >= 0.6 is 11.6 Å². The normalized spacial score (nSPS) is 11.9. The Bertz CT molecular complexity index is 1260. The maximum absolute atomic E-state index is 11.5. The molecule has 0 fully saturated rings. The molecule has 0 aliphatic heterocycles. The highest BCUT2D eigenvalue weighted by molar-refractivity contribution is 7.89. The molecule has 0 atom stereocenters. The van der Waals surface area contributed by atoms with Gasteiger partial charge in [0.2, 0.25) is 0 Å². The van der Waals surface area contributed by atoms with Gasteiger partial charge in [-0.3, -0.25) is 0 Å². The lowest BCUT2D eigenvalue weighted by molar-refractivity contribution is 0.300. The highest BCUT2D eigenvalue weighted by atomic mass is 35.5. The third kappa shape index (κ3) is 7.16. The third-order valence-corrected chi connectivity index (χ3v) is 6.69. The zero-order valence-corrected chi connectivity index (χ0v) is 22.1. The second-order valence-corrected chi connectivity index (χ2v) is 11.5. The second-order valence-electron chi connectivity index (χ2n) is 8.97. The molecule has 3 rings (SSSR count). The molecule has 0 aliphatic rings. The minimum Gasteiger partial charge on any atom is -0.492 e. The lowest BCUT2D eigenvalue weighted by atomic mass is 9.77. The maximum atomic E-state index is 11.5. The van der Waals surface area contributed by atoms with Crippen LogP contribution in [0.5, 0.6) is 11.5 Å². The van der Waals surface area contributed by atoms with Crippen molar-refractivity contribution in [2.75, 3.05) is 12.9 Å². The Kier molecular flexibility index (Phi) is 8.74. The quantitative estimate of drug-likeness (QED) is 0.388. The van der Waals surface area contributed by atoms with Crippen LogP contribution in [-0.2, 0) is 34.2 Å². The van der Waals surface area contributed by atoms with Crippen molar-refractivity contribution in [3.63, 3.8) is 0 Å². The van der Waals surface area contributed by atoms with Crippen LogP contribution in [0.15, 0.2) is 48.7 Å². The standard InChI is InChI=1S/C26H32ClN3O4S/c1-5-12-33-25-18(15-28)13-20(14-23(25)27)26(2,3)19-6-8-22(9-7-19)34-16-21-10-11-29-24(30-21)17-35(4,31)32/h6-11,13-14H,5,12,15-17,28H2,1-4H3. The summed E-state index contributed by atoms with van der Waals surface area (Å²) in [7, 11) is -3.20. The summed E-state index contributed by atoms with van der Waals surface area (Å²) in [6.45, 7) is 7.44. The summed E-state index contributed by atoms with van der Waals surface area (Å²) >= 11 is 6.57. The largest absolute Gasteiger partial charge is 0.492 e. The summed E-state index contributed by atoms with van der Waals surface area (Å²) in [6.07, 6.45) is 3.58. The fraction of sp³-hybridized carbons (Fsp3) is 0.385. The Balaban J connectivity index is 1.74. The number of nitrogens with two attached hydrogens (primary N) is 1. The Morgan fingerprint density at radius 3 is 2.40 bits per heavy atom. The molecule has 3 aromatic rings. The summed E-state index contributed by atoms with van der Waals surface area (Å²) in [5.41, 5.74) is 9.28. The van der Waals surface area contributed by atoms with Gasteiger partial charge in [0.15, 0.2) is 9.84 Å². The van der Waals surface area contributed by atoms with Crippen molar-refractivity contribution in [2.45, 2.75) is 51.5 Å². The van der Waals surface area contributed by atoms with Crippen LogP contribution in [-0.4, -0.2) is 31.2 Å². The molecular formula is C26H32ClN3O4S. The average Bonchev–Trinajstić information content (AvgIpc) is 2.81. The lowest BCUT2D eigenvalue weighted by Gasteiger charge is -2.28. The minimum atomic E-state index is -3.20. The number of nitrogens with zero attached hydrogens (tertiary/aromatic N) is 2. The zero-order chi connectivity index (χ0) is 25.6. The van der Waals surface area contributed by atoms with Crippen molar-refractivity contribution in [1.82, 2.24) is 9.97 Å². The monoisotopic (exact) mass is 517 g/mol. The number of sulfone groups is 1. The van der Waals surface area contributed by atoms with Crippen LogP contribution in [0.2, 0.25) is 5.02 Å². The van der Waals surface area contributed by atoms with E-state index in [0.29, 0.717) is 35.4 Å². The Morgan fingerprint density at radius 2 is 1.77 bits per heavy atom. The summed E-state index contributed by atoms with van der Waals surface area (Å²) in [5.74, 6) is 1.39. The van der Waals surface area contributed by atoms with E-state index in [0.717, 1.165) is 29.4 Å². The van der Waals surface area contributed by atoms with E-state index in [2.05, 4.69) is 29.9 Å². The molecule has 188 valence electrons. The van der Waals surface area contributed by atoms with Crippen molar-refractivity contribution in [3.8, 4) is 11.5 Å². The molecule has 0 radical (unpaired) electrons. The van der Waals surface area contributed by atoms with E-state index in [1.807, 2.05) is 37.3 Å². The van der Waals surface area contributed by atoms with Crippen LogP contribution in [0, 0.1) is 0 Å². The van der Waals surface area contributed by atoms with Gasteiger partial charge in [-0.15, -0.1) is 0 Å². The van der Waals surface area contributed by atoms with Gasteiger partial charge in [-0.2, -0.15) is 0 Å². The molecule has 1 heterocycles. The number of halogens is 1. The van der Waals surface area contributed by atoms with Crippen molar-refractivity contribution in [1.29, 1.82) is 0 Å². The molecule has 0 saturated carbocycles. The molecule has 0 bridgehead atoms. The average molecular weight is 518 g/mol. The third-order valence-electron chi connectivity index (χ3n) is 5.63. The predicted molar refractivity (Wildman–Crippen MR) is 139 cm³/mol. The molecule has 0 saturated heterocycles. The number of hydrogen-bond acceptors (Lipinski definition) is 7. The van der Waals surface area contributed by atoms with Crippen molar-refractivity contribution in [3.05, 3.63) is 81.9 Å². The first-order valence-electron chi connectivity index (χ1n) is 11.4. The van der Waals surface area contributed by atoms with Gasteiger partial charge in [-0.1, -0.05) is 44.5 Å². The number of rotatable bonds is 11. The first kappa shape index (κ1) is 26.9. The van der Waals surface area contributed by atoms with Crippen LogP contribution in [0.3, 0.4) is 0 Å². The van der Waals surface area contributed by atoms with Crippen LogP contribution in [0.4, 0.5) is 0 Å². The lowest BCUT2D eigenvalue weighted by Crippen LogP contribution is -2.20. The van der Waals surface area contributed by atoms with E-state index in [-0.39, 0.29) is 23.6 Å². The highest BCUT2D eigenvalue weighted by Gasteiger charge is 2.25. The fourth-order valence-electron chi connectivity index (χ4n) is 3.65. The van der Waals surface area contributed by atoms with E-state index >= 15 is 0 Å². The molecule has 9 heteroatoms. The van der Waals surface area contributed by atoms with Gasteiger partial charge in [0, 0.05) is 30.0 Å². The fourth-order valence-corrected chi connectivity index (χ4v) is 4.55. The van der Waals surface area contributed by atoms with Crippen LogP contribution in [0.25, 0.3) is 0 Å². The zero-order valence-electron chi connectivity index (χ0n) is 20.5. The SMILES string of the molecule is CCCOc1c(Cl)cc(C(C)(C)c2ccc(OCc3ccnc(CS(C)(=O)=O)n3)cc2)cc1CN. The molecule has 0 aliphatic carbocycles. The van der Waals surface area contributed by atoms with Gasteiger partial charge in [-0.05, 0) is 47.9 Å². The van der Waals surface area contributed by atoms with Gasteiger partial charge in [-0.25, -0.2) is 18.4 Å². The van der Waals surface area contributed by atoms with Crippen molar-refractivity contribution in [2.24, 2.45) is 5.73 Å². The summed E-state index contributed by atoms with van der Waals surface area (Å²) in [4.78, 5) is 8.29. The molecule has 0 spiro atoms. The first-order chi connectivity index (χ1) is 16.5. The van der Waals surface area contributed by atoms with Gasteiger partial charge >= 0.3 is 0 Å². The molecule has 35 heavy (non-hydrogen) atoms. The van der Waals surface area contributed by atoms with E-state index in [9.17, 15) is 8.42 Å². The Labute approximate surface area is 212 Å². The van der Waals surface area contributed by atoms with Gasteiger partial charge in [0.1, 0.15) is 29.7 Å². The van der Waals surface area contributed by atoms with Gasteiger partial charge in [0.25, 0.3) is 0 Å². The van der Waals surface area contributed by atoms with Gasteiger partial charge in [0.05, 0.1) is 17.3 Å². The number of benzene rings is 2. The molecule has 0 amide bonds. The highest BCUT2D eigenvalue weighted by Crippen LogP contribution is 2.38. The van der Waals surface area contributed by atoms with Gasteiger partial charge < -0.3 is 15.2 Å². The van der Waals surface area contributed by atoms with E-state index in [1.54, 1.807) is 6.07 Å². The minimum absolute atomic E-state index is 0.202. The van der Waals surface area contributed by atoms with E-state index < -0.39 is 9.84 Å². The molecule has 0 unspecified atom stereocenters. The van der Waals surface area contributed by atoms with E-state index in [1.165, 1.54) is 6.20 Å². The number of aromatic nitrogens is 2. The van der Waals surface area contributed by atoms with Crippen molar-refractivity contribution < 1.29 is 17.9 Å². The summed E-state index contributed by atoms with van der Waals surface area (Å²) < 4.78 is 34.7. The summed E-state index contributed by atoms with van der Waals surface area (Å²) in [6, 6.07) is 13.5.